The number of amides is 1. The number of nitrogens with zero attached hydrogens (tertiary/aromatic N) is 2. The molecule has 0 bridgehead atoms. The smallest absolute Gasteiger partial charge is 0.259 e. The quantitative estimate of drug-likeness (QED) is 0.864. The predicted octanol–water partition coefficient (Wildman–Crippen LogP) is 3.92. The second kappa shape index (κ2) is 6.44. The molecule has 4 nitrogen and oxygen atoms in total. The molecule has 0 saturated carbocycles. The molecule has 21 heavy (non-hydrogen) atoms. The second-order valence-corrected chi connectivity index (χ2v) is 6.27. The lowest BCUT2D eigenvalue weighted by Gasteiger charge is -2.04. The van der Waals surface area contributed by atoms with Gasteiger partial charge in [-0.25, -0.2) is 8.78 Å². The molecule has 8 heteroatoms. The number of halogens is 3. The highest BCUT2D eigenvalue weighted by Crippen LogP contribution is 2.23. The molecule has 112 valence electrons. The zero-order valence-electron chi connectivity index (χ0n) is 11.3. The number of hydrogen-bond acceptors (Lipinski definition) is 4. The van der Waals surface area contributed by atoms with Crippen LogP contribution in [0.15, 0.2) is 12.1 Å². The third kappa shape index (κ3) is 3.95. The fourth-order valence-electron chi connectivity index (χ4n) is 1.60. The maximum atomic E-state index is 13.2. The van der Waals surface area contributed by atoms with Gasteiger partial charge in [0.15, 0.2) is 11.6 Å². The molecule has 0 atom stereocenters. The number of anilines is 1. The van der Waals surface area contributed by atoms with Crippen LogP contribution in [0.25, 0.3) is 0 Å². The minimum atomic E-state index is -1.14. The number of rotatable bonds is 4. The van der Waals surface area contributed by atoms with Gasteiger partial charge in [0, 0.05) is 6.42 Å². The Hall–Kier alpha value is -1.60. The zero-order chi connectivity index (χ0) is 15.6. The molecule has 1 heterocycles. The van der Waals surface area contributed by atoms with Crippen molar-refractivity contribution in [1.82, 2.24) is 10.2 Å². The van der Waals surface area contributed by atoms with E-state index in [-0.39, 0.29) is 15.7 Å². The molecule has 0 fully saturated rings. The van der Waals surface area contributed by atoms with E-state index in [2.05, 4.69) is 15.5 Å². The molecule has 2 rings (SSSR count). The van der Waals surface area contributed by atoms with Crippen LogP contribution in [0.2, 0.25) is 5.02 Å². The molecule has 0 saturated heterocycles. The van der Waals surface area contributed by atoms with Crippen LogP contribution in [0, 0.1) is 17.6 Å². The monoisotopic (exact) mass is 331 g/mol. The number of carbonyl (C=O) groups is 1. The van der Waals surface area contributed by atoms with Gasteiger partial charge >= 0.3 is 0 Å². The number of hydrogen-bond donors (Lipinski definition) is 1. The van der Waals surface area contributed by atoms with Crippen LogP contribution in [0.3, 0.4) is 0 Å². The van der Waals surface area contributed by atoms with Crippen LogP contribution in [0.1, 0.15) is 29.2 Å². The predicted molar refractivity (Wildman–Crippen MR) is 77.8 cm³/mol. The van der Waals surface area contributed by atoms with Gasteiger partial charge in [-0.1, -0.05) is 36.8 Å². The average molecular weight is 332 g/mol. The molecule has 0 spiro atoms. The molecular weight excluding hydrogens is 320 g/mol. The van der Waals surface area contributed by atoms with Gasteiger partial charge in [0.1, 0.15) is 5.01 Å². The standard InChI is InChI=1S/C13H12ClF2N3OS/c1-6(2)3-11-18-19-13(21-11)17-12(20)7-4-9(15)10(16)5-8(7)14/h4-6H,3H2,1-2H3,(H,17,19,20). The second-order valence-electron chi connectivity index (χ2n) is 4.80. The fourth-order valence-corrected chi connectivity index (χ4v) is 2.78. The van der Waals surface area contributed by atoms with E-state index in [9.17, 15) is 13.6 Å². The van der Waals surface area contributed by atoms with E-state index >= 15 is 0 Å². The van der Waals surface area contributed by atoms with Gasteiger partial charge in [0.25, 0.3) is 5.91 Å². The minimum absolute atomic E-state index is 0.156. The van der Waals surface area contributed by atoms with Crippen LogP contribution in [0.4, 0.5) is 13.9 Å². The molecule has 2 aromatic rings. The lowest BCUT2D eigenvalue weighted by Crippen LogP contribution is -2.13. The van der Waals surface area contributed by atoms with E-state index < -0.39 is 17.5 Å². The summed E-state index contributed by atoms with van der Waals surface area (Å²) in [5.74, 6) is -2.48. The van der Waals surface area contributed by atoms with E-state index in [4.69, 9.17) is 11.6 Å². The van der Waals surface area contributed by atoms with E-state index in [1.54, 1.807) is 0 Å². The molecule has 0 aliphatic heterocycles. The Morgan fingerprint density at radius 2 is 2.00 bits per heavy atom. The third-order valence-electron chi connectivity index (χ3n) is 2.52. The molecule has 1 aromatic carbocycles. The lowest BCUT2D eigenvalue weighted by molar-refractivity contribution is 0.102. The van der Waals surface area contributed by atoms with Gasteiger partial charge < -0.3 is 0 Å². The Morgan fingerprint density at radius 1 is 1.33 bits per heavy atom. The number of carbonyl (C=O) groups excluding carboxylic acids is 1. The van der Waals surface area contributed by atoms with Crippen LogP contribution in [0.5, 0.6) is 0 Å². The van der Waals surface area contributed by atoms with Crippen molar-refractivity contribution in [3.05, 3.63) is 39.4 Å². The fraction of sp³-hybridized carbons (Fsp3) is 0.308. The Bertz CT molecular complexity index is 675. The van der Waals surface area contributed by atoms with Crippen LogP contribution in [-0.2, 0) is 6.42 Å². The number of aromatic nitrogens is 2. The molecular formula is C13H12ClF2N3OS. The first-order valence-electron chi connectivity index (χ1n) is 6.15. The maximum Gasteiger partial charge on any atom is 0.259 e. The average Bonchev–Trinajstić information content (AvgIpc) is 2.80. The van der Waals surface area contributed by atoms with Crippen LogP contribution >= 0.6 is 22.9 Å². The van der Waals surface area contributed by atoms with Crippen molar-refractivity contribution < 1.29 is 13.6 Å². The lowest BCUT2D eigenvalue weighted by atomic mass is 10.1. The van der Waals surface area contributed by atoms with Crippen molar-refractivity contribution in [2.45, 2.75) is 20.3 Å². The summed E-state index contributed by atoms with van der Waals surface area (Å²) in [5.41, 5.74) is -0.156. The summed E-state index contributed by atoms with van der Waals surface area (Å²) in [7, 11) is 0. The van der Waals surface area contributed by atoms with Crippen LogP contribution < -0.4 is 5.32 Å². The van der Waals surface area contributed by atoms with Gasteiger partial charge in [0.05, 0.1) is 10.6 Å². The van der Waals surface area contributed by atoms with Gasteiger partial charge in [-0.15, -0.1) is 10.2 Å². The molecule has 0 radical (unpaired) electrons. The van der Waals surface area contributed by atoms with E-state index in [1.807, 2.05) is 13.8 Å². The van der Waals surface area contributed by atoms with Crippen molar-refractivity contribution in [3.8, 4) is 0 Å². The first-order valence-corrected chi connectivity index (χ1v) is 7.34. The van der Waals surface area contributed by atoms with Crippen molar-refractivity contribution in [3.63, 3.8) is 0 Å². The highest BCUT2D eigenvalue weighted by Gasteiger charge is 2.17. The van der Waals surface area contributed by atoms with Gasteiger partial charge in [0.2, 0.25) is 5.13 Å². The molecule has 1 amide bonds. The summed E-state index contributed by atoms with van der Waals surface area (Å²) in [6, 6.07) is 1.51. The topological polar surface area (TPSA) is 54.9 Å². The number of benzene rings is 1. The zero-order valence-corrected chi connectivity index (χ0v) is 12.9. The van der Waals surface area contributed by atoms with Gasteiger partial charge in [-0.2, -0.15) is 0 Å². The molecule has 0 aliphatic rings. The molecule has 1 N–H and O–H groups in total. The van der Waals surface area contributed by atoms with Gasteiger partial charge in [-0.3, -0.25) is 10.1 Å². The highest BCUT2D eigenvalue weighted by molar-refractivity contribution is 7.15. The van der Waals surface area contributed by atoms with Crippen molar-refractivity contribution in [1.29, 1.82) is 0 Å². The highest BCUT2D eigenvalue weighted by atomic mass is 35.5. The molecule has 0 unspecified atom stereocenters. The Labute approximate surface area is 129 Å². The van der Waals surface area contributed by atoms with E-state index in [0.29, 0.717) is 5.92 Å². The Kier molecular flexibility index (Phi) is 4.84. The summed E-state index contributed by atoms with van der Waals surface area (Å²) >= 11 is 6.97. The largest absolute Gasteiger partial charge is 0.296 e. The summed E-state index contributed by atoms with van der Waals surface area (Å²) in [6.07, 6.45) is 0.749. The summed E-state index contributed by atoms with van der Waals surface area (Å²) in [6.45, 7) is 4.08. The van der Waals surface area contributed by atoms with Crippen molar-refractivity contribution in [2.75, 3.05) is 5.32 Å². The Balaban J connectivity index is 2.14. The third-order valence-corrected chi connectivity index (χ3v) is 3.70. The van der Waals surface area contributed by atoms with E-state index in [1.165, 1.54) is 11.3 Å². The van der Waals surface area contributed by atoms with Crippen molar-refractivity contribution >= 4 is 34.0 Å². The van der Waals surface area contributed by atoms with Crippen LogP contribution in [-0.4, -0.2) is 16.1 Å². The summed E-state index contributed by atoms with van der Waals surface area (Å²) in [5, 5.41) is 11.2. The Morgan fingerprint density at radius 3 is 2.67 bits per heavy atom. The summed E-state index contributed by atoms with van der Waals surface area (Å²) in [4.78, 5) is 12.0. The summed E-state index contributed by atoms with van der Waals surface area (Å²) < 4.78 is 26.1. The van der Waals surface area contributed by atoms with Gasteiger partial charge in [-0.05, 0) is 18.1 Å². The van der Waals surface area contributed by atoms with E-state index in [0.717, 1.165) is 23.6 Å². The molecule has 0 aliphatic carbocycles. The van der Waals surface area contributed by atoms with Crippen molar-refractivity contribution in [2.24, 2.45) is 5.92 Å². The first kappa shape index (κ1) is 15.8. The first-order chi connectivity index (χ1) is 9.86. The number of nitrogens with one attached hydrogen (secondary N) is 1. The SMILES string of the molecule is CC(C)Cc1nnc(NC(=O)c2cc(F)c(F)cc2Cl)s1. The normalized spacial score (nSPS) is 11.0. The minimum Gasteiger partial charge on any atom is -0.296 e. The molecule has 1 aromatic heterocycles. The maximum absolute atomic E-state index is 13.2.